The van der Waals surface area contributed by atoms with Crippen molar-refractivity contribution in [2.75, 3.05) is 0 Å². The van der Waals surface area contributed by atoms with Gasteiger partial charge in [0.15, 0.2) is 0 Å². The zero-order chi connectivity index (χ0) is 12.3. The van der Waals surface area contributed by atoms with Crippen LogP contribution in [-0.4, -0.2) is 10.2 Å². The summed E-state index contributed by atoms with van der Waals surface area (Å²) in [5, 5.41) is 10.3. The molecular weight excluding hydrogens is 298 g/mol. The van der Waals surface area contributed by atoms with Crippen molar-refractivity contribution in [3.05, 3.63) is 44.3 Å². The van der Waals surface area contributed by atoms with E-state index in [2.05, 4.69) is 45.2 Å². The summed E-state index contributed by atoms with van der Waals surface area (Å²) >= 11 is 5.07. The fourth-order valence-corrected chi connectivity index (χ4v) is 2.89. The van der Waals surface area contributed by atoms with Crippen molar-refractivity contribution in [1.82, 2.24) is 10.2 Å². The normalized spacial score (nSPS) is 12.6. The number of halogens is 1. The van der Waals surface area contributed by atoms with Gasteiger partial charge in [0.05, 0.1) is 6.04 Å². The van der Waals surface area contributed by atoms with Gasteiger partial charge in [0.2, 0.25) is 0 Å². The number of nitrogens with zero attached hydrogens (tertiary/aromatic N) is 2. The van der Waals surface area contributed by atoms with Crippen molar-refractivity contribution < 1.29 is 0 Å². The molecule has 0 aliphatic heterocycles. The number of hydrogen-bond acceptors (Lipinski definition) is 4. The summed E-state index contributed by atoms with van der Waals surface area (Å²) in [6.07, 6.45) is 1.71. The number of nitrogens with two attached hydrogens (primary N) is 1. The second-order valence-corrected chi connectivity index (χ2v) is 5.86. The molecule has 90 valence electrons. The summed E-state index contributed by atoms with van der Waals surface area (Å²) in [4.78, 5) is 0. The van der Waals surface area contributed by atoms with Crippen LogP contribution in [0.2, 0.25) is 0 Å². The average molecular weight is 312 g/mol. The lowest BCUT2D eigenvalue weighted by Gasteiger charge is -2.01. The molecule has 0 saturated heterocycles. The van der Waals surface area contributed by atoms with Crippen LogP contribution >= 0.6 is 27.3 Å². The molecule has 17 heavy (non-hydrogen) atoms. The Hall–Kier alpha value is -0.780. The first-order chi connectivity index (χ1) is 8.19. The van der Waals surface area contributed by atoms with E-state index in [0.29, 0.717) is 0 Å². The van der Waals surface area contributed by atoms with Gasteiger partial charge in [-0.1, -0.05) is 46.3 Å². The number of benzene rings is 1. The highest BCUT2D eigenvalue weighted by molar-refractivity contribution is 9.10. The van der Waals surface area contributed by atoms with E-state index in [-0.39, 0.29) is 6.04 Å². The van der Waals surface area contributed by atoms with Crippen LogP contribution in [0, 0.1) is 0 Å². The number of hydrogen-bond donors (Lipinski definition) is 1. The first-order valence-electron chi connectivity index (χ1n) is 5.51. The van der Waals surface area contributed by atoms with Gasteiger partial charge in [-0.05, 0) is 24.1 Å². The van der Waals surface area contributed by atoms with Gasteiger partial charge in [-0.3, -0.25) is 0 Å². The van der Waals surface area contributed by atoms with E-state index < -0.39 is 0 Å². The Morgan fingerprint density at radius 1 is 1.41 bits per heavy atom. The van der Waals surface area contributed by atoms with Gasteiger partial charge in [-0.15, -0.1) is 10.2 Å². The van der Waals surface area contributed by atoms with Crippen LogP contribution < -0.4 is 5.73 Å². The average Bonchev–Trinajstić information content (AvgIpc) is 2.76. The molecule has 0 saturated carbocycles. The fourth-order valence-electron chi connectivity index (χ4n) is 1.48. The molecule has 2 rings (SSSR count). The molecule has 1 atom stereocenters. The Morgan fingerprint density at radius 2 is 2.24 bits per heavy atom. The standard InChI is InChI=1S/C12H14BrN3S/c1-2-10(14)12-16-15-11(17-12)7-8-4-3-5-9(13)6-8/h3-6,10H,2,7,14H2,1H3. The van der Waals surface area contributed by atoms with Crippen molar-refractivity contribution in [2.24, 2.45) is 5.73 Å². The van der Waals surface area contributed by atoms with Crippen LogP contribution in [0.25, 0.3) is 0 Å². The molecule has 1 unspecified atom stereocenters. The van der Waals surface area contributed by atoms with Gasteiger partial charge >= 0.3 is 0 Å². The van der Waals surface area contributed by atoms with E-state index in [9.17, 15) is 0 Å². The molecule has 2 aromatic rings. The Balaban J connectivity index is 2.11. The molecule has 1 heterocycles. The Bertz CT molecular complexity index is 498. The van der Waals surface area contributed by atoms with Crippen LogP contribution in [0.3, 0.4) is 0 Å². The molecule has 1 aromatic heterocycles. The van der Waals surface area contributed by atoms with E-state index in [1.807, 2.05) is 12.1 Å². The van der Waals surface area contributed by atoms with Gasteiger partial charge in [0.25, 0.3) is 0 Å². The lowest BCUT2D eigenvalue weighted by atomic mass is 10.2. The van der Waals surface area contributed by atoms with Crippen molar-refractivity contribution in [3.63, 3.8) is 0 Å². The molecule has 0 radical (unpaired) electrons. The molecule has 0 aliphatic rings. The topological polar surface area (TPSA) is 51.8 Å². The molecule has 3 nitrogen and oxygen atoms in total. The molecular formula is C12H14BrN3S. The van der Waals surface area contributed by atoms with Crippen LogP contribution in [-0.2, 0) is 6.42 Å². The van der Waals surface area contributed by atoms with Crippen LogP contribution in [0.4, 0.5) is 0 Å². The minimum absolute atomic E-state index is 0.0174. The third-order valence-electron chi connectivity index (χ3n) is 2.48. The third-order valence-corrected chi connectivity index (χ3v) is 4.03. The molecule has 0 aliphatic carbocycles. The Labute approximate surface area is 113 Å². The summed E-state index contributed by atoms with van der Waals surface area (Å²) in [5.74, 6) is 0. The maximum absolute atomic E-state index is 5.93. The van der Waals surface area contributed by atoms with Crippen molar-refractivity contribution >= 4 is 27.3 Å². The van der Waals surface area contributed by atoms with E-state index in [1.54, 1.807) is 11.3 Å². The van der Waals surface area contributed by atoms with Gasteiger partial charge in [0.1, 0.15) is 10.0 Å². The van der Waals surface area contributed by atoms with E-state index in [4.69, 9.17) is 5.73 Å². The van der Waals surface area contributed by atoms with E-state index >= 15 is 0 Å². The monoisotopic (exact) mass is 311 g/mol. The highest BCUT2D eigenvalue weighted by Crippen LogP contribution is 2.21. The first kappa shape index (κ1) is 12.7. The number of rotatable bonds is 4. The number of aromatic nitrogens is 2. The molecule has 0 amide bonds. The van der Waals surface area contributed by atoms with Gasteiger partial charge in [-0.25, -0.2) is 0 Å². The lowest BCUT2D eigenvalue weighted by Crippen LogP contribution is -2.07. The SMILES string of the molecule is CCC(N)c1nnc(Cc2cccc(Br)c2)s1. The van der Waals surface area contributed by atoms with Crippen molar-refractivity contribution in [2.45, 2.75) is 25.8 Å². The van der Waals surface area contributed by atoms with E-state index in [0.717, 1.165) is 27.3 Å². The minimum Gasteiger partial charge on any atom is -0.322 e. The summed E-state index contributed by atoms with van der Waals surface area (Å²) in [6, 6.07) is 8.25. The zero-order valence-electron chi connectivity index (χ0n) is 9.56. The quantitative estimate of drug-likeness (QED) is 0.942. The first-order valence-corrected chi connectivity index (χ1v) is 7.12. The Kier molecular flexibility index (Phi) is 4.25. The summed E-state index contributed by atoms with van der Waals surface area (Å²) in [7, 11) is 0. The predicted molar refractivity (Wildman–Crippen MR) is 74.1 cm³/mol. The maximum atomic E-state index is 5.93. The molecule has 0 bridgehead atoms. The molecule has 0 spiro atoms. The molecule has 0 fully saturated rings. The smallest absolute Gasteiger partial charge is 0.134 e. The van der Waals surface area contributed by atoms with Crippen LogP contribution in [0.1, 0.15) is 35.0 Å². The largest absolute Gasteiger partial charge is 0.322 e. The summed E-state index contributed by atoms with van der Waals surface area (Å²) in [6.45, 7) is 2.06. The summed E-state index contributed by atoms with van der Waals surface area (Å²) in [5.41, 5.74) is 7.15. The molecule has 1 aromatic carbocycles. The van der Waals surface area contributed by atoms with Crippen molar-refractivity contribution in [1.29, 1.82) is 0 Å². The fraction of sp³-hybridized carbons (Fsp3) is 0.333. The molecule has 2 N–H and O–H groups in total. The Morgan fingerprint density at radius 3 is 2.94 bits per heavy atom. The highest BCUT2D eigenvalue weighted by Gasteiger charge is 2.10. The minimum atomic E-state index is 0.0174. The van der Waals surface area contributed by atoms with Crippen molar-refractivity contribution in [3.8, 4) is 0 Å². The van der Waals surface area contributed by atoms with Crippen LogP contribution in [0.15, 0.2) is 28.7 Å². The second kappa shape index (κ2) is 5.71. The lowest BCUT2D eigenvalue weighted by molar-refractivity contribution is 0.682. The maximum Gasteiger partial charge on any atom is 0.134 e. The van der Waals surface area contributed by atoms with E-state index in [1.165, 1.54) is 5.56 Å². The van der Waals surface area contributed by atoms with Crippen LogP contribution in [0.5, 0.6) is 0 Å². The van der Waals surface area contributed by atoms with Gasteiger partial charge in [-0.2, -0.15) is 0 Å². The zero-order valence-corrected chi connectivity index (χ0v) is 12.0. The highest BCUT2D eigenvalue weighted by atomic mass is 79.9. The molecule has 5 heteroatoms. The second-order valence-electron chi connectivity index (χ2n) is 3.86. The van der Waals surface area contributed by atoms with Gasteiger partial charge in [0, 0.05) is 10.9 Å². The predicted octanol–water partition coefficient (Wildman–Crippen LogP) is 3.30. The third kappa shape index (κ3) is 3.34. The summed E-state index contributed by atoms with van der Waals surface area (Å²) < 4.78 is 1.09. The van der Waals surface area contributed by atoms with Gasteiger partial charge < -0.3 is 5.73 Å².